The van der Waals surface area contributed by atoms with Crippen LogP contribution in [0.25, 0.3) is 0 Å². The van der Waals surface area contributed by atoms with E-state index in [9.17, 15) is 4.39 Å². The predicted molar refractivity (Wildman–Crippen MR) is 129 cm³/mol. The monoisotopic (exact) mass is 432 g/mol. The Balaban J connectivity index is 1.52. The molecule has 0 aromatic heterocycles. The summed E-state index contributed by atoms with van der Waals surface area (Å²) in [5, 5.41) is 6.42. The van der Waals surface area contributed by atoms with Crippen molar-refractivity contribution in [2.75, 3.05) is 11.9 Å². The third-order valence-electron chi connectivity index (χ3n) is 5.71. The van der Waals surface area contributed by atoms with E-state index in [-0.39, 0.29) is 11.9 Å². The highest BCUT2D eigenvalue weighted by Gasteiger charge is 2.36. The fraction of sp³-hybridized carbons (Fsp3) is 0.280. The molecule has 1 heterocycles. The maximum absolute atomic E-state index is 14.3. The standard InChI is InChI=1S/C25H29FN6/c1-18(28-16-15-19-9-3-2-4-10-19)29-24-23(17-27)31-25(32(24)20-11-5-6-12-20)30-22-14-8-7-13-21(22)26/h2-4,7-10,13-14,17,20,28H,1,5-6,11-12,15-16,27H2,(H,30,31)/b23-17+,29-24+. The smallest absolute Gasteiger partial charge is 0.210 e. The van der Waals surface area contributed by atoms with Crippen LogP contribution < -0.4 is 16.4 Å². The molecule has 2 aromatic carbocycles. The number of benzene rings is 2. The summed E-state index contributed by atoms with van der Waals surface area (Å²) in [5.74, 6) is 1.38. The van der Waals surface area contributed by atoms with E-state index in [2.05, 4.69) is 34.3 Å². The van der Waals surface area contributed by atoms with E-state index in [1.165, 1.54) is 17.8 Å². The van der Waals surface area contributed by atoms with E-state index in [1.54, 1.807) is 18.2 Å². The zero-order chi connectivity index (χ0) is 22.3. The zero-order valence-corrected chi connectivity index (χ0v) is 18.1. The second-order valence-electron chi connectivity index (χ2n) is 7.94. The Hall–Kier alpha value is -3.61. The Kier molecular flexibility index (Phi) is 6.84. The van der Waals surface area contributed by atoms with Crippen molar-refractivity contribution >= 4 is 17.5 Å². The van der Waals surface area contributed by atoms with Crippen molar-refractivity contribution in [2.24, 2.45) is 15.7 Å². The summed E-state index contributed by atoms with van der Waals surface area (Å²) in [4.78, 5) is 11.4. The topological polar surface area (TPSA) is 78.0 Å². The summed E-state index contributed by atoms with van der Waals surface area (Å²) in [5.41, 5.74) is 8.05. The Morgan fingerprint density at radius 3 is 2.59 bits per heavy atom. The second-order valence-corrected chi connectivity index (χ2v) is 7.94. The lowest BCUT2D eigenvalue weighted by Crippen LogP contribution is -2.43. The lowest BCUT2D eigenvalue weighted by atomic mass is 10.1. The summed E-state index contributed by atoms with van der Waals surface area (Å²) >= 11 is 0. The number of amidine groups is 1. The van der Waals surface area contributed by atoms with Gasteiger partial charge in [-0.25, -0.2) is 14.4 Å². The van der Waals surface area contributed by atoms with Gasteiger partial charge in [-0.05, 0) is 37.0 Å². The molecule has 2 aliphatic rings. The third-order valence-corrected chi connectivity index (χ3v) is 5.71. The quantitative estimate of drug-likeness (QED) is 0.608. The number of nitrogens with one attached hydrogen (secondary N) is 2. The molecule has 0 radical (unpaired) electrons. The van der Waals surface area contributed by atoms with Crippen molar-refractivity contribution in [1.29, 1.82) is 0 Å². The van der Waals surface area contributed by atoms with Crippen LogP contribution in [0.15, 0.2) is 88.9 Å². The maximum atomic E-state index is 14.3. The van der Waals surface area contributed by atoms with Gasteiger partial charge < -0.3 is 16.4 Å². The largest absolute Gasteiger partial charge is 0.403 e. The van der Waals surface area contributed by atoms with Crippen LogP contribution >= 0.6 is 0 Å². The summed E-state index contributed by atoms with van der Waals surface area (Å²) in [6.07, 6.45) is 6.62. The van der Waals surface area contributed by atoms with Crippen molar-refractivity contribution in [2.45, 2.75) is 38.1 Å². The van der Waals surface area contributed by atoms with Crippen molar-refractivity contribution < 1.29 is 4.39 Å². The maximum Gasteiger partial charge on any atom is 0.210 e. The van der Waals surface area contributed by atoms with Gasteiger partial charge in [-0.3, -0.25) is 4.90 Å². The summed E-state index contributed by atoms with van der Waals surface area (Å²) in [6, 6.07) is 17.0. The van der Waals surface area contributed by atoms with Crippen LogP contribution in [-0.2, 0) is 6.42 Å². The molecular weight excluding hydrogens is 403 g/mol. The molecule has 2 aromatic rings. The van der Waals surface area contributed by atoms with E-state index in [0.717, 1.165) is 32.1 Å². The van der Waals surface area contributed by atoms with Gasteiger partial charge >= 0.3 is 0 Å². The van der Waals surface area contributed by atoms with Gasteiger partial charge in [0.2, 0.25) is 5.96 Å². The van der Waals surface area contributed by atoms with Crippen molar-refractivity contribution in [3.8, 4) is 0 Å². The number of nitrogens with two attached hydrogens (primary N) is 1. The predicted octanol–water partition coefficient (Wildman–Crippen LogP) is 4.35. The van der Waals surface area contributed by atoms with E-state index in [0.29, 0.717) is 35.5 Å². The van der Waals surface area contributed by atoms with Crippen LogP contribution in [-0.4, -0.2) is 29.3 Å². The fourth-order valence-electron chi connectivity index (χ4n) is 4.11. The molecule has 166 valence electrons. The number of halogens is 1. The minimum atomic E-state index is -0.336. The minimum absolute atomic E-state index is 0.223. The number of hydrogen-bond acceptors (Lipinski definition) is 5. The van der Waals surface area contributed by atoms with Gasteiger partial charge in [-0.2, -0.15) is 0 Å². The summed E-state index contributed by atoms with van der Waals surface area (Å²) in [6.45, 7) is 4.79. The van der Waals surface area contributed by atoms with E-state index >= 15 is 0 Å². The molecular formula is C25H29FN6. The van der Waals surface area contributed by atoms with Crippen LogP contribution in [0.2, 0.25) is 0 Å². The first kappa shape index (κ1) is 21.6. The number of guanidine groups is 1. The lowest BCUT2D eigenvalue weighted by molar-refractivity contribution is 0.447. The molecule has 0 atom stereocenters. The molecule has 0 bridgehead atoms. The molecule has 1 aliphatic carbocycles. The van der Waals surface area contributed by atoms with Gasteiger partial charge in [0, 0.05) is 18.8 Å². The number of nitrogens with zero attached hydrogens (tertiary/aromatic N) is 3. The molecule has 1 fully saturated rings. The van der Waals surface area contributed by atoms with Crippen molar-refractivity contribution in [3.63, 3.8) is 0 Å². The summed E-state index contributed by atoms with van der Waals surface area (Å²) in [7, 11) is 0. The van der Waals surface area contributed by atoms with Gasteiger partial charge in [0.1, 0.15) is 17.3 Å². The molecule has 4 N–H and O–H groups in total. The fourth-order valence-corrected chi connectivity index (χ4v) is 4.11. The zero-order valence-electron chi connectivity index (χ0n) is 18.1. The molecule has 1 aliphatic heterocycles. The van der Waals surface area contributed by atoms with Gasteiger partial charge in [0.05, 0.1) is 5.69 Å². The highest BCUT2D eigenvalue weighted by atomic mass is 19.1. The number of hydrogen-bond donors (Lipinski definition) is 3. The van der Waals surface area contributed by atoms with E-state index in [1.807, 2.05) is 23.1 Å². The SMILES string of the molecule is C=C(/N=C1\C(=C/N)N=C(Nc2ccccc2F)N1C1CCCC1)NCCc1ccccc1. The Morgan fingerprint density at radius 2 is 1.88 bits per heavy atom. The first-order valence-electron chi connectivity index (χ1n) is 11.0. The van der Waals surface area contributed by atoms with Gasteiger partial charge in [0.25, 0.3) is 0 Å². The second kappa shape index (κ2) is 10.1. The number of aliphatic imine (C=N–C) groups is 2. The Labute approximate surface area is 188 Å². The molecule has 1 saturated carbocycles. The third kappa shape index (κ3) is 4.99. The van der Waals surface area contributed by atoms with Crippen LogP contribution in [0.5, 0.6) is 0 Å². The van der Waals surface area contributed by atoms with Crippen LogP contribution in [0.1, 0.15) is 31.2 Å². The van der Waals surface area contributed by atoms with Gasteiger partial charge in [-0.1, -0.05) is 61.9 Å². The highest BCUT2D eigenvalue weighted by molar-refractivity contribution is 6.18. The molecule has 32 heavy (non-hydrogen) atoms. The first-order valence-corrected chi connectivity index (χ1v) is 11.0. The van der Waals surface area contributed by atoms with Crippen LogP contribution in [0.4, 0.5) is 10.1 Å². The molecule has 4 rings (SSSR count). The molecule has 0 spiro atoms. The average Bonchev–Trinajstić information content (AvgIpc) is 3.44. The molecule has 6 nitrogen and oxygen atoms in total. The lowest BCUT2D eigenvalue weighted by Gasteiger charge is -2.28. The van der Waals surface area contributed by atoms with Gasteiger partial charge in [0.15, 0.2) is 5.84 Å². The number of para-hydroxylation sites is 1. The molecule has 7 heteroatoms. The molecule has 0 amide bonds. The van der Waals surface area contributed by atoms with Crippen LogP contribution in [0.3, 0.4) is 0 Å². The Morgan fingerprint density at radius 1 is 1.16 bits per heavy atom. The van der Waals surface area contributed by atoms with Crippen molar-refractivity contribution in [3.05, 3.63) is 90.3 Å². The summed E-state index contributed by atoms with van der Waals surface area (Å²) < 4.78 is 14.3. The number of anilines is 1. The van der Waals surface area contributed by atoms with E-state index in [4.69, 9.17) is 10.7 Å². The van der Waals surface area contributed by atoms with E-state index < -0.39 is 0 Å². The highest BCUT2D eigenvalue weighted by Crippen LogP contribution is 2.30. The van der Waals surface area contributed by atoms with Crippen LogP contribution in [0, 0.1) is 5.82 Å². The van der Waals surface area contributed by atoms with Crippen molar-refractivity contribution in [1.82, 2.24) is 10.2 Å². The molecule has 0 saturated heterocycles. The normalized spacial score (nSPS) is 18.9. The number of rotatable bonds is 7. The minimum Gasteiger partial charge on any atom is -0.403 e. The molecule has 0 unspecified atom stereocenters. The average molecular weight is 433 g/mol. The van der Waals surface area contributed by atoms with Gasteiger partial charge in [-0.15, -0.1) is 0 Å². The Bertz CT molecular complexity index is 1040. The first-order chi connectivity index (χ1) is 15.7.